The van der Waals surface area contributed by atoms with E-state index >= 15 is 0 Å². The van der Waals surface area contributed by atoms with E-state index in [0.29, 0.717) is 0 Å². The first-order chi connectivity index (χ1) is 10.3. The molecule has 0 atom stereocenters. The zero-order valence-electron chi connectivity index (χ0n) is 13.2. The van der Waals surface area contributed by atoms with Crippen LogP contribution in [0.2, 0.25) is 0 Å². The van der Waals surface area contributed by atoms with Crippen LogP contribution in [-0.2, 0) is 6.54 Å². The Kier molecular flexibility index (Phi) is 7.00. The average Bonchev–Trinajstić information content (AvgIpc) is 2.53. The smallest absolute Gasteiger partial charge is 0.0443 e. The summed E-state index contributed by atoms with van der Waals surface area (Å²) in [5.41, 5.74) is 2.73. The molecule has 1 aliphatic heterocycles. The maximum atomic E-state index is 8.84. The molecule has 4 heteroatoms. The first kappa shape index (κ1) is 16.3. The van der Waals surface area contributed by atoms with Crippen molar-refractivity contribution in [1.29, 1.82) is 0 Å². The normalized spacial score (nSPS) is 16.4. The number of rotatable bonds is 8. The largest absolute Gasteiger partial charge is 0.396 e. The van der Waals surface area contributed by atoms with Crippen molar-refractivity contribution in [2.24, 2.45) is 0 Å². The number of piperazine rings is 1. The van der Waals surface area contributed by atoms with Gasteiger partial charge in [0.1, 0.15) is 0 Å². The molecule has 2 rings (SSSR count). The SMILES string of the molecule is CCCN1CCN(c2ccccc2CNCCCO)CC1. The summed E-state index contributed by atoms with van der Waals surface area (Å²) >= 11 is 0. The van der Waals surface area contributed by atoms with Crippen molar-refractivity contribution in [2.45, 2.75) is 26.3 Å². The standard InChI is InChI=1S/C17H29N3O/c1-2-9-19-10-12-20(13-11-19)17-7-4-3-6-16(17)15-18-8-5-14-21/h3-4,6-7,18,21H,2,5,8-15H2,1H3. The number of nitrogens with one attached hydrogen (secondary N) is 1. The van der Waals surface area contributed by atoms with Crippen molar-refractivity contribution in [2.75, 3.05) is 50.8 Å². The molecule has 1 fully saturated rings. The zero-order chi connectivity index (χ0) is 14.9. The van der Waals surface area contributed by atoms with Crippen molar-refractivity contribution in [1.82, 2.24) is 10.2 Å². The number of hydrogen-bond acceptors (Lipinski definition) is 4. The van der Waals surface area contributed by atoms with Crippen LogP contribution in [0.25, 0.3) is 0 Å². The molecule has 0 saturated carbocycles. The van der Waals surface area contributed by atoms with Gasteiger partial charge in [0.2, 0.25) is 0 Å². The highest BCUT2D eigenvalue weighted by molar-refractivity contribution is 5.54. The molecule has 0 bridgehead atoms. The van der Waals surface area contributed by atoms with Gasteiger partial charge in [0.15, 0.2) is 0 Å². The summed E-state index contributed by atoms with van der Waals surface area (Å²) in [5, 5.41) is 12.3. The molecule has 1 heterocycles. The highest BCUT2D eigenvalue weighted by atomic mass is 16.3. The second-order valence-electron chi connectivity index (χ2n) is 5.71. The van der Waals surface area contributed by atoms with E-state index < -0.39 is 0 Å². The fraction of sp³-hybridized carbons (Fsp3) is 0.647. The quantitative estimate of drug-likeness (QED) is 0.715. The van der Waals surface area contributed by atoms with Crippen LogP contribution in [0.5, 0.6) is 0 Å². The van der Waals surface area contributed by atoms with Crippen molar-refractivity contribution in [3.8, 4) is 0 Å². The lowest BCUT2D eigenvalue weighted by Gasteiger charge is -2.37. The Morgan fingerprint density at radius 3 is 2.62 bits per heavy atom. The molecule has 0 unspecified atom stereocenters. The summed E-state index contributed by atoms with van der Waals surface area (Å²) in [6.07, 6.45) is 2.06. The number of aliphatic hydroxyl groups excluding tert-OH is 1. The number of hydrogen-bond donors (Lipinski definition) is 2. The van der Waals surface area contributed by atoms with E-state index in [1.54, 1.807) is 0 Å². The minimum absolute atomic E-state index is 0.258. The lowest BCUT2D eigenvalue weighted by atomic mass is 10.1. The van der Waals surface area contributed by atoms with Crippen LogP contribution < -0.4 is 10.2 Å². The summed E-state index contributed by atoms with van der Waals surface area (Å²) in [4.78, 5) is 5.06. The Morgan fingerprint density at radius 2 is 1.90 bits per heavy atom. The van der Waals surface area contributed by atoms with Crippen molar-refractivity contribution in [3.05, 3.63) is 29.8 Å². The van der Waals surface area contributed by atoms with E-state index in [9.17, 15) is 0 Å². The van der Waals surface area contributed by atoms with E-state index in [1.165, 1.54) is 37.3 Å². The van der Waals surface area contributed by atoms with Gasteiger partial charge in [0.25, 0.3) is 0 Å². The molecule has 0 aromatic heterocycles. The number of nitrogens with zero attached hydrogens (tertiary/aromatic N) is 2. The molecule has 1 aromatic rings. The average molecular weight is 291 g/mol. The van der Waals surface area contributed by atoms with Crippen LogP contribution in [0.4, 0.5) is 5.69 Å². The first-order valence-electron chi connectivity index (χ1n) is 8.22. The van der Waals surface area contributed by atoms with Gasteiger partial charge >= 0.3 is 0 Å². The minimum atomic E-state index is 0.258. The van der Waals surface area contributed by atoms with E-state index in [2.05, 4.69) is 46.3 Å². The Balaban J connectivity index is 1.90. The maximum Gasteiger partial charge on any atom is 0.0443 e. The van der Waals surface area contributed by atoms with Gasteiger partial charge in [0, 0.05) is 45.0 Å². The third kappa shape index (κ3) is 4.99. The molecule has 1 aliphatic rings. The summed E-state index contributed by atoms with van der Waals surface area (Å²) in [6, 6.07) is 8.68. The van der Waals surface area contributed by atoms with Crippen molar-refractivity contribution < 1.29 is 5.11 Å². The monoisotopic (exact) mass is 291 g/mol. The fourth-order valence-electron chi connectivity index (χ4n) is 2.92. The second kappa shape index (κ2) is 9.03. The summed E-state index contributed by atoms with van der Waals surface area (Å²) in [6.45, 7) is 10.0. The topological polar surface area (TPSA) is 38.7 Å². The molecule has 0 aliphatic carbocycles. The highest BCUT2D eigenvalue weighted by Crippen LogP contribution is 2.21. The van der Waals surface area contributed by atoms with Crippen LogP contribution in [-0.4, -0.2) is 55.9 Å². The van der Waals surface area contributed by atoms with Gasteiger partial charge < -0.3 is 15.3 Å². The Bertz CT molecular complexity index is 403. The van der Waals surface area contributed by atoms with E-state index in [4.69, 9.17) is 5.11 Å². The molecule has 0 amide bonds. The second-order valence-corrected chi connectivity index (χ2v) is 5.71. The Labute approximate surface area is 128 Å². The fourth-order valence-corrected chi connectivity index (χ4v) is 2.92. The summed E-state index contributed by atoms with van der Waals surface area (Å²) in [5.74, 6) is 0. The highest BCUT2D eigenvalue weighted by Gasteiger charge is 2.18. The lowest BCUT2D eigenvalue weighted by Crippen LogP contribution is -2.46. The van der Waals surface area contributed by atoms with Crippen LogP contribution >= 0.6 is 0 Å². The molecule has 2 N–H and O–H groups in total. The molecular formula is C17H29N3O. The van der Waals surface area contributed by atoms with Crippen molar-refractivity contribution >= 4 is 5.69 Å². The van der Waals surface area contributed by atoms with E-state index in [1.807, 2.05) is 0 Å². The number of anilines is 1. The Morgan fingerprint density at radius 1 is 1.14 bits per heavy atom. The van der Waals surface area contributed by atoms with Crippen LogP contribution in [0.3, 0.4) is 0 Å². The third-order valence-electron chi connectivity index (χ3n) is 4.07. The van der Waals surface area contributed by atoms with Gasteiger partial charge in [-0.25, -0.2) is 0 Å². The summed E-state index contributed by atoms with van der Waals surface area (Å²) < 4.78 is 0. The van der Waals surface area contributed by atoms with Gasteiger partial charge in [0.05, 0.1) is 0 Å². The summed E-state index contributed by atoms with van der Waals surface area (Å²) in [7, 11) is 0. The van der Waals surface area contributed by atoms with E-state index in [-0.39, 0.29) is 6.61 Å². The molecule has 21 heavy (non-hydrogen) atoms. The van der Waals surface area contributed by atoms with E-state index in [0.717, 1.165) is 32.6 Å². The molecule has 4 nitrogen and oxygen atoms in total. The van der Waals surface area contributed by atoms with Gasteiger partial charge in [-0.2, -0.15) is 0 Å². The maximum absolute atomic E-state index is 8.84. The Hall–Kier alpha value is -1.10. The lowest BCUT2D eigenvalue weighted by molar-refractivity contribution is 0.258. The number of para-hydroxylation sites is 1. The predicted octanol–water partition coefficient (Wildman–Crippen LogP) is 1.69. The zero-order valence-corrected chi connectivity index (χ0v) is 13.2. The van der Waals surface area contributed by atoms with Gasteiger partial charge in [-0.3, -0.25) is 4.90 Å². The molecule has 118 valence electrons. The molecule has 0 spiro atoms. The first-order valence-corrected chi connectivity index (χ1v) is 8.22. The van der Waals surface area contributed by atoms with Crippen molar-refractivity contribution in [3.63, 3.8) is 0 Å². The third-order valence-corrected chi connectivity index (χ3v) is 4.07. The molecule has 1 aromatic carbocycles. The van der Waals surface area contributed by atoms with Crippen LogP contribution in [0, 0.1) is 0 Å². The molecule has 1 saturated heterocycles. The number of aliphatic hydroxyl groups is 1. The van der Waals surface area contributed by atoms with Gasteiger partial charge in [-0.15, -0.1) is 0 Å². The number of benzene rings is 1. The van der Waals surface area contributed by atoms with Crippen LogP contribution in [0.1, 0.15) is 25.3 Å². The molecular weight excluding hydrogens is 262 g/mol. The van der Waals surface area contributed by atoms with Gasteiger partial charge in [-0.05, 0) is 37.6 Å². The van der Waals surface area contributed by atoms with Gasteiger partial charge in [-0.1, -0.05) is 25.1 Å². The minimum Gasteiger partial charge on any atom is -0.396 e. The van der Waals surface area contributed by atoms with Crippen LogP contribution in [0.15, 0.2) is 24.3 Å². The molecule has 0 radical (unpaired) electrons. The predicted molar refractivity (Wildman–Crippen MR) is 88.8 cm³/mol.